The van der Waals surface area contributed by atoms with Crippen molar-refractivity contribution in [2.24, 2.45) is 5.92 Å². The standard InChI is InChI=1S/C19H20F.Rb/c1-14-6-8-15(9-7-14)16-10-12-17(13-11-16)18-4-2-3-5-19(18)20;/h2,4-5,10-15H,6-9H2,1H3;/q-1;+1. The number of hydrogen-bond donors (Lipinski definition) is 0. The maximum atomic E-state index is 13.7. The normalized spacial score (nSPS) is 21.6. The van der Waals surface area contributed by atoms with Gasteiger partial charge in [0.05, 0.1) is 0 Å². The Bertz CT molecular complexity index is 568. The van der Waals surface area contributed by atoms with E-state index >= 15 is 0 Å². The Morgan fingerprint density at radius 3 is 2.29 bits per heavy atom. The summed E-state index contributed by atoms with van der Waals surface area (Å²) < 4.78 is 13.7. The van der Waals surface area contributed by atoms with Crippen LogP contribution in [0, 0.1) is 17.8 Å². The number of rotatable bonds is 2. The van der Waals surface area contributed by atoms with Gasteiger partial charge in [-0.05, 0) is 35.8 Å². The van der Waals surface area contributed by atoms with Crippen molar-refractivity contribution in [3.63, 3.8) is 0 Å². The third-order valence-corrected chi connectivity index (χ3v) is 4.52. The van der Waals surface area contributed by atoms with Gasteiger partial charge >= 0.3 is 58.2 Å². The van der Waals surface area contributed by atoms with E-state index in [0.29, 0.717) is 11.5 Å². The first-order valence-electron chi connectivity index (χ1n) is 7.50. The zero-order valence-electron chi connectivity index (χ0n) is 12.9. The zero-order chi connectivity index (χ0) is 13.9. The van der Waals surface area contributed by atoms with Crippen molar-refractivity contribution in [1.82, 2.24) is 0 Å². The van der Waals surface area contributed by atoms with Gasteiger partial charge in [-0.1, -0.05) is 49.6 Å². The second-order valence-corrected chi connectivity index (χ2v) is 5.98. The molecule has 21 heavy (non-hydrogen) atoms. The molecule has 0 nitrogen and oxygen atoms in total. The summed E-state index contributed by atoms with van der Waals surface area (Å²) in [6, 6.07) is 16.1. The van der Waals surface area contributed by atoms with Crippen LogP contribution in [0.15, 0.2) is 42.5 Å². The van der Waals surface area contributed by atoms with Crippen LogP contribution in [0.1, 0.15) is 44.1 Å². The molecule has 2 aromatic carbocycles. The van der Waals surface area contributed by atoms with Gasteiger partial charge in [-0.15, -0.1) is 6.07 Å². The molecule has 1 saturated carbocycles. The fourth-order valence-electron chi connectivity index (χ4n) is 3.17. The summed E-state index contributed by atoms with van der Waals surface area (Å²) in [6.07, 6.45) is 5.23. The maximum absolute atomic E-state index is 13.7. The van der Waals surface area contributed by atoms with E-state index in [0.717, 1.165) is 11.5 Å². The van der Waals surface area contributed by atoms with Crippen LogP contribution in [0.3, 0.4) is 0 Å². The molecule has 0 radical (unpaired) electrons. The molecule has 1 aliphatic rings. The predicted molar refractivity (Wildman–Crippen MR) is 81.0 cm³/mol. The quantitative estimate of drug-likeness (QED) is 0.729. The van der Waals surface area contributed by atoms with Crippen LogP contribution in [-0.2, 0) is 0 Å². The largest absolute Gasteiger partial charge is 1.00 e. The van der Waals surface area contributed by atoms with Crippen molar-refractivity contribution in [2.45, 2.75) is 38.5 Å². The Labute approximate surface area is 175 Å². The van der Waals surface area contributed by atoms with Gasteiger partial charge in [0.1, 0.15) is 0 Å². The molecule has 0 unspecified atom stereocenters. The minimum atomic E-state index is -0.202. The average Bonchev–Trinajstić information content (AvgIpc) is 2.49. The van der Waals surface area contributed by atoms with Crippen LogP contribution in [0.4, 0.5) is 4.39 Å². The van der Waals surface area contributed by atoms with E-state index in [2.05, 4.69) is 25.1 Å². The Balaban J connectivity index is 0.00000161. The van der Waals surface area contributed by atoms with Crippen molar-refractivity contribution in [2.75, 3.05) is 0 Å². The molecule has 2 heteroatoms. The number of benzene rings is 2. The topological polar surface area (TPSA) is 0 Å². The van der Waals surface area contributed by atoms with E-state index in [1.807, 2.05) is 12.1 Å². The van der Waals surface area contributed by atoms with E-state index in [4.69, 9.17) is 0 Å². The molecule has 0 amide bonds. The van der Waals surface area contributed by atoms with Crippen molar-refractivity contribution in [3.8, 4) is 11.1 Å². The SMILES string of the molecule is CC1CCC(c2ccc(-c3cc[c-]cc3F)cc2)CC1.[Rb+]. The monoisotopic (exact) mass is 352 g/mol. The Morgan fingerprint density at radius 1 is 1.00 bits per heavy atom. The van der Waals surface area contributed by atoms with Crippen molar-refractivity contribution < 1.29 is 62.6 Å². The molecule has 0 heterocycles. The summed E-state index contributed by atoms with van der Waals surface area (Å²) in [5.74, 6) is 1.36. The minimum Gasteiger partial charge on any atom is -0.284 e. The third-order valence-electron chi connectivity index (χ3n) is 4.52. The van der Waals surface area contributed by atoms with E-state index < -0.39 is 0 Å². The van der Waals surface area contributed by atoms with Gasteiger partial charge in [0.15, 0.2) is 0 Å². The van der Waals surface area contributed by atoms with Crippen LogP contribution in [-0.4, -0.2) is 0 Å². The molecular weight excluding hydrogens is 333 g/mol. The summed E-state index contributed by atoms with van der Waals surface area (Å²) in [5.41, 5.74) is 3.01. The fourth-order valence-corrected chi connectivity index (χ4v) is 3.17. The fraction of sp³-hybridized carbons (Fsp3) is 0.368. The molecule has 1 aliphatic carbocycles. The van der Waals surface area contributed by atoms with Gasteiger partial charge in [0, 0.05) is 5.82 Å². The second-order valence-electron chi connectivity index (χ2n) is 5.98. The molecule has 1 fully saturated rings. The molecular formula is C19H20FRb. The van der Waals surface area contributed by atoms with E-state index in [1.165, 1.54) is 37.3 Å². The Kier molecular flexibility index (Phi) is 6.80. The van der Waals surface area contributed by atoms with Gasteiger partial charge in [0.25, 0.3) is 0 Å². The number of halogens is 1. The summed E-state index contributed by atoms with van der Waals surface area (Å²) >= 11 is 0. The van der Waals surface area contributed by atoms with E-state index in [1.54, 1.807) is 12.1 Å². The molecule has 0 atom stereocenters. The molecule has 2 aromatic rings. The molecule has 0 bridgehead atoms. The predicted octanol–water partition coefficient (Wildman–Crippen LogP) is 2.59. The molecule has 104 valence electrons. The summed E-state index contributed by atoms with van der Waals surface area (Å²) in [6.45, 7) is 2.34. The van der Waals surface area contributed by atoms with Gasteiger partial charge in [0.2, 0.25) is 0 Å². The van der Waals surface area contributed by atoms with Crippen molar-refractivity contribution in [3.05, 3.63) is 59.9 Å². The molecule has 0 aromatic heterocycles. The van der Waals surface area contributed by atoms with Gasteiger partial charge in [-0.25, -0.2) is 0 Å². The molecule has 0 saturated heterocycles. The summed E-state index contributed by atoms with van der Waals surface area (Å²) in [7, 11) is 0. The molecule has 0 aliphatic heterocycles. The molecule has 0 N–H and O–H groups in total. The first-order valence-corrected chi connectivity index (χ1v) is 7.50. The minimum absolute atomic E-state index is 0. The van der Waals surface area contributed by atoms with E-state index in [9.17, 15) is 4.39 Å². The number of hydrogen-bond acceptors (Lipinski definition) is 0. The second kappa shape index (κ2) is 8.15. The van der Waals surface area contributed by atoms with Crippen LogP contribution in [0.5, 0.6) is 0 Å². The third kappa shape index (κ3) is 4.34. The smallest absolute Gasteiger partial charge is 0.284 e. The summed E-state index contributed by atoms with van der Waals surface area (Å²) in [4.78, 5) is 0. The van der Waals surface area contributed by atoms with Crippen molar-refractivity contribution in [1.29, 1.82) is 0 Å². The Morgan fingerprint density at radius 2 is 1.67 bits per heavy atom. The first kappa shape index (κ1) is 17.5. The Hall–Kier alpha value is 0.175. The van der Waals surface area contributed by atoms with Crippen LogP contribution >= 0.6 is 0 Å². The van der Waals surface area contributed by atoms with Crippen LogP contribution < -0.4 is 58.2 Å². The van der Waals surface area contributed by atoms with Gasteiger partial charge < -0.3 is 0 Å². The zero-order valence-corrected chi connectivity index (χ0v) is 17.8. The molecule has 3 rings (SSSR count). The van der Waals surface area contributed by atoms with Crippen LogP contribution in [0.2, 0.25) is 0 Å². The van der Waals surface area contributed by atoms with Gasteiger partial charge in [-0.3, -0.25) is 4.39 Å². The summed E-state index contributed by atoms with van der Waals surface area (Å²) in [5, 5.41) is 0. The first-order chi connectivity index (χ1) is 9.74. The van der Waals surface area contributed by atoms with Crippen LogP contribution in [0.25, 0.3) is 11.1 Å². The molecule has 0 spiro atoms. The maximum Gasteiger partial charge on any atom is 1.00 e. The van der Waals surface area contributed by atoms with Gasteiger partial charge in [-0.2, -0.15) is 18.2 Å². The van der Waals surface area contributed by atoms with E-state index in [-0.39, 0.29) is 64.0 Å². The van der Waals surface area contributed by atoms with Crippen molar-refractivity contribution >= 4 is 0 Å². The average molecular weight is 353 g/mol.